The molecule has 0 amide bonds. The van der Waals surface area contributed by atoms with Crippen LogP contribution in [0.1, 0.15) is 58.8 Å². The second-order valence-corrected chi connectivity index (χ2v) is 8.34. The molecular formula is C19H28O. The van der Waals surface area contributed by atoms with Gasteiger partial charge in [0.05, 0.1) is 6.10 Å². The molecule has 0 spiro atoms. The third-order valence-electron chi connectivity index (χ3n) is 7.40. The highest BCUT2D eigenvalue weighted by molar-refractivity contribution is 5.26. The second kappa shape index (κ2) is 4.22. The molecule has 0 saturated heterocycles. The maximum atomic E-state index is 10.00. The van der Waals surface area contributed by atoms with Crippen molar-refractivity contribution in [3.8, 4) is 0 Å². The molecule has 0 bridgehead atoms. The minimum absolute atomic E-state index is 0.0760. The first-order chi connectivity index (χ1) is 9.53. The van der Waals surface area contributed by atoms with Crippen LogP contribution in [0.15, 0.2) is 23.8 Å². The maximum absolute atomic E-state index is 10.00. The van der Waals surface area contributed by atoms with E-state index < -0.39 is 0 Å². The molecule has 110 valence electrons. The highest BCUT2D eigenvalue weighted by atomic mass is 16.3. The fourth-order valence-corrected chi connectivity index (χ4v) is 6.12. The average Bonchev–Trinajstić information content (AvgIpc) is 2.81. The lowest BCUT2D eigenvalue weighted by atomic mass is 9.48. The summed E-state index contributed by atoms with van der Waals surface area (Å²) in [6.07, 6.45) is 15.9. The Morgan fingerprint density at radius 3 is 2.80 bits per heavy atom. The molecule has 4 aliphatic rings. The highest BCUT2D eigenvalue weighted by Gasteiger charge is 2.54. The van der Waals surface area contributed by atoms with Gasteiger partial charge in [0.15, 0.2) is 0 Å². The van der Waals surface area contributed by atoms with Crippen LogP contribution in [-0.2, 0) is 0 Å². The van der Waals surface area contributed by atoms with Crippen molar-refractivity contribution in [3.63, 3.8) is 0 Å². The van der Waals surface area contributed by atoms with Gasteiger partial charge in [-0.1, -0.05) is 37.6 Å². The molecule has 4 rings (SSSR count). The number of aliphatic hydroxyl groups excluding tert-OH is 1. The first kappa shape index (κ1) is 13.1. The van der Waals surface area contributed by atoms with Crippen molar-refractivity contribution >= 4 is 0 Å². The van der Waals surface area contributed by atoms with E-state index in [1.165, 1.54) is 32.1 Å². The lowest BCUT2D eigenvalue weighted by Gasteiger charge is -2.57. The normalized spacial score (nSPS) is 53.9. The summed E-state index contributed by atoms with van der Waals surface area (Å²) in [6.45, 7) is 5.00. The fourth-order valence-electron chi connectivity index (χ4n) is 6.12. The molecule has 1 nitrogen and oxygen atoms in total. The topological polar surface area (TPSA) is 20.2 Å². The summed E-state index contributed by atoms with van der Waals surface area (Å²) < 4.78 is 0. The lowest BCUT2D eigenvalue weighted by molar-refractivity contribution is -0.0263. The molecule has 0 aromatic heterocycles. The van der Waals surface area contributed by atoms with E-state index in [9.17, 15) is 5.11 Å². The summed E-state index contributed by atoms with van der Waals surface area (Å²) in [5.74, 6) is 2.63. The number of hydrogen-bond acceptors (Lipinski definition) is 1. The molecule has 1 N–H and O–H groups in total. The summed E-state index contributed by atoms with van der Waals surface area (Å²) >= 11 is 0. The van der Waals surface area contributed by atoms with E-state index in [0.717, 1.165) is 30.6 Å². The Morgan fingerprint density at radius 2 is 1.95 bits per heavy atom. The van der Waals surface area contributed by atoms with E-state index in [-0.39, 0.29) is 6.10 Å². The second-order valence-electron chi connectivity index (χ2n) is 8.34. The summed E-state index contributed by atoms with van der Waals surface area (Å²) in [5.41, 5.74) is 2.47. The van der Waals surface area contributed by atoms with Crippen molar-refractivity contribution in [2.75, 3.05) is 0 Å². The van der Waals surface area contributed by atoms with Crippen LogP contribution in [0.3, 0.4) is 0 Å². The van der Waals surface area contributed by atoms with Gasteiger partial charge in [0, 0.05) is 0 Å². The van der Waals surface area contributed by atoms with Gasteiger partial charge >= 0.3 is 0 Å². The third-order valence-corrected chi connectivity index (χ3v) is 7.40. The molecule has 20 heavy (non-hydrogen) atoms. The van der Waals surface area contributed by atoms with E-state index in [4.69, 9.17) is 0 Å². The smallest absolute Gasteiger partial charge is 0.0577 e. The van der Waals surface area contributed by atoms with E-state index in [0.29, 0.717) is 10.8 Å². The Balaban J connectivity index is 1.68. The molecule has 2 fully saturated rings. The van der Waals surface area contributed by atoms with Crippen molar-refractivity contribution in [1.29, 1.82) is 0 Å². The van der Waals surface area contributed by atoms with Gasteiger partial charge in [-0.25, -0.2) is 0 Å². The quantitative estimate of drug-likeness (QED) is 0.645. The van der Waals surface area contributed by atoms with E-state index in [2.05, 4.69) is 32.1 Å². The fraction of sp³-hybridized carbons (Fsp3) is 0.789. The Morgan fingerprint density at radius 1 is 1.10 bits per heavy atom. The molecule has 4 aliphatic carbocycles. The summed E-state index contributed by atoms with van der Waals surface area (Å²) in [6, 6.07) is 0. The number of hydrogen-bond donors (Lipinski definition) is 1. The Labute approximate surface area is 123 Å². The Kier molecular flexibility index (Phi) is 2.77. The van der Waals surface area contributed by atoms with Crippen LogP contribution in [0.2, 0.25) is 0 Å². The molecule has 6 atom stereocenters. The molecule has 0 heterocycles. The van der Waals surface area contributed by atoms with Gasteiger partial charge in [-0.05, 0) is 73.5 Å². The van der Waals surface area contributed by atoms with Crippen LogP contribution in [0.4, 0.5) is 0 Å². The van der Waals surface area contributed by atoms with E-state index in [1.807, 2.05) is 0 Å². The first-order valence-corrected chi connectivity index (χ1v) is 8.58. The summed E-state index contributed by atoms with van der Waals surface area (Å²) in [4.78, 5) is 0. The van der Waals surface area contributed by atoms with Crippen molar-refractivity contribution in [2.24, 2.45) is 28.6 Å². The predicted molar refractivity (Wildman–Crippen MR) is 82.2 cm³/mol. The average molecular weight is 272 g/mol. The lowest BCUT2D eigenvalue weighted by Crippen LogP contribution is -2.49. The minimum Gasteiger partial charge on any atom is -0.393 e. The number of aliphatic hydroxyl groups is 1. The minimum atomic E-state index is -0.0760. The predicted octanol–water partition coefficient (Wildman–Crippen LogP) is 4.48. The van der Waals surface area contributed by atoms with Crippen LogP contribution in [0.5, 0.6) is 0 Å². The Hall–Kier alpha value is -0.560. The van der Waals surface area contributed by atoms with Gasteiger partial charge in [0.2, 0.25) is 0 Å². The number of rotatable bonds is 0. The molecule has 0 aliphatic heterocycles. The molecule has 1 heteroatoms. The van der Waals surface area contributed by atoms with Crippen LogP contribution in [0, 0.1) is 28.6 Å². The number of fused-ring (bicyclic) bond motifs is 5. The maximum Gasteiger partial charge on any atom is 0.0577 e. The van der Waals surface area contributed by atoms with Gasteiger partial charge in [0.1, 0.15) is 0 Å². The van der Waals surface area contributed by atoms with Crippen molar-refractivity contribution < 1.29 is 5.11 Å². The summed E-state index contributed by atoms with van der Waals surface area (Å²) in [7, 11) is 0. The highest BCUT2D eigenvalue weighted by Crippen LogP contribution is 2.63. The zero-order valence-corrected chi connectivity index (χ0v) is 12.9. The van der Waals surface area contributed by atoms with Crippen LogP contribution < -0.4 is 0 Å². The SMILES string of the molecule is CC12C=CCC1C1CC=C3CC(O)CCC3(C)C1CC2. The van der Waals surface area contributed by atoms with Gasteiger partial charge in [-0.2, -0.15) is 0 Å². The zero-order chi connectivity index (χ0) is 14.0. The molecule has 0 aromatic rings. The standard InChI is InChI=1S/C19H28O/c1-18-9-3-4-16(18)15-6-5-13-12-14(20)7-11-19(13,2)17(15)8-10-18/h3,5,9,14-17,20H,4,6-8,10-12H2,1-2H3. The number of allylic oxidation sites excluding steroid dienone is 3. The van der Waals surface area contributed by atoms with E-state index in [1.54, 1.807) is 5.57 Å². The monoisotopic (exact) mass is 272 g/mol. The first-order valence-electron chi connectivity index (χ1n) is 8.58. The van der Waals surface area contributed by atoms with Crippen LogP contribution in [0.25, 0.3) is 0 Å². The Bertz CT molecular complexity index is 476. The van der Waals surface area contributed by atoms with Crippen LogP contribution >= 0.6 is 0 Å². The van der Waals surface area contributed by atoms with Crippen molar-refractivity contribution in [3.05, 3.63) is 23.8 Å². The van der Waals surface area contributed by atoms with Gasteiger partial charge < -0.3 is 5.11 Å². The van der Waals surface area contributed by atoms with E-state index >= 15 is 0 Å². The van der Waals surface area contributed by atoms with Gasteiger partial charge in [0.25, 0.3) is 0 Å². The molecule has 2 saturated carbocycles. The molecule has 0 radical (unpaired) electrons. The molecule has 0 aromatic carbocycles. The third kappa shape index (κ3) is 1.65. The largest absolute Gasteiger partial charge is 0.393 e. The summed E-state index contributed by atoms with van der Waals surface area (Å²) in [5, 5.41) is 10.00. The zero-order valence-electron chi connectivity index (χ0n) is 12.9. The van der Waals surface area contributed by atoms with Crippen molar-refractivity contribution in [1.82, 2.24) is 0 Å². The van der Waals surface area contributed by atoms with Gasteiger partial charge in [-0.3, -0.25) is 0 Å². The van der Waals surface area contributed by atoms with Crippen LogP contribution in [-0.4, -0.2) is 11.2 Å². The van der Waals surface area contributed by atoms with Crippen molar-refractivity contribution in [2.45, 2.75) is 64.9 Å². The molecule has 6 unspecified atom stereocenters. The van der Waals surface area contributed by atoms with Gasteiger partial charge in [-0.15, -0.1) is 0 Å². The molecular weight excluding hydrogens is 244 g/mol.